The lowest BCUT2D eigenvalue weighted by Gasteiger charge is -2.17. The molecule has 0 aliphatic carbocycles. The van der Waals surface area contributed by atoms with Crippen molar-refractivity contribution in [3.63, 3.8) is 0 Å². The van der Waals surface area contributed by atoms with E-state index in [-0.39, 0.29) is 18.5 Å². The summed E-state index contributed by atoms with van der Waals surface area (Å²) in [6.07, 6.45) is 0.678. The second-order valence-corrected chi connectivity index (χ2v) is 5.34. The molecule has 1 unspecified atom stereocenters. The highest BCUT2D eigenvalue weighted by Gasteiger charge is 2.18. The van der Waals surface area contributed by atoms with E-state index < -0.39 is 6.09 Å². The van der Waals surface area contributed by atoms with Crippen LogP contribution in [-0.4, -0.2) is 32.3 Å². The van der Waals surface area contributed by atoms with Crippen LogP contribution in [0.2, 0.25) is 0 Å². The van der Waals surface area contributed by atoms with Crippen LogP contribution in [0.25, 0.3) is 21.9 Å². The molecule has 1 amide bonds. The summed E-state index contributed by atoms with van der Waals surface area (Å²) < 4.78 is 1.99. The van der Waals surface area contributed by atoms with Crippen molar-refractivity contribution >= 4 is 39.6 Å². The van der Waals surface area contributed by atoms with Crippen LogP contribution in [0.1, 0.15) is 18.8 Å². The highest BCUT2D eigenvalue weighted by atomic mass is 35.5. The van der Waals surface area contributed by atoms with Crippen molar-refractivity contribution in [1.29, 1.82) is 0 Å². The van der Waals surface area contributed by atoms with Gasteiger partial charge in [-0.2, -0.15) is 0 Å². The predicted octanol–water partition coefficient (Wildman–Crippen LogP) is 3.15. The van der Waals surface area contributed by atoms with Crippen LogP contribution in [0, 0.1) is 0 Å². The smallest absolute Gasteiger partial charge is 0.404 e. The number of hydrogen-bond acceptors (Lipinski definition) is 3. The molecule has 0 fully saturated rings. The van der Waals surface area contributed by atoms with E-state index >= 15 is 0 Å². The lowest BCUT2D eigenvalue weighted by Crippen LogP contribution is -2.28. The topological polar surface area (TPSA) is 80.0 Å². The van der Waals surface area contributed by atoms with Gasteiger partial charge in [0, 0.05) is 11.9 Å². The summed E-state index contributed by atoms with van der Waals surface area (Å²) >= 11 is 6.02. The maximum atomic E-state index is 10.7. The summed E-state index contributed by atoms with van der Waals surface area (Å²) in [6, 6.07) is 7.69. The van der Waals surface area contributed by atoms with Crippen molar-refractivity contribution in [2.75, 3.05) is 6.54 Å². The molecule has 7 heteroatoms. The van der Waals surface area contributed by atoms with Gasteiger partial charge in [-0.05, 0) is 13.0 Å². The van der Waals surface area contributed by atoms with Crippen LogP contribution in [-0.2, 0) is 5.88 Å². The van der Waals surface area contributed by atoms with Crippen LogP contribution in [0.5, 0.6) is 0 Å². The van der Waals surface area contributed by atoms with Crippen molar-refractivity contribution in [1.82, 2.24) is 19.9 Å². The van der Waals surface area contributed by atoms with Gasteiger partial charge in [0.15, 0.2) is 0 Å². The Kier molecular flexibility index (Phi) is 3.85. The first-order chi connectivity index (χ1) is 10.6. The number of halogens is 1. The van der Waals surface area contributed by atoms with Crippen LogP contribution < -0.4 is 5.32 Å². The number of rotatable bonds is 4. The molecule has 6 nitrogen and oxygen atoms in total. The molecule has 1 aromatic carbocycles. The van der Waals surface area contributed by atoms with Gasteiger partial charge in [0.1, 0.15) is 11.3 Å². The number of carboxylic acid groups (broad SMARTS) is 1. The van der Waals surface area contributed by atoms with Gasteiger partial charge in [-0.15, -0.1) is 11.6 Å². The molecule has 2 aromatic heterocycles. The Morgan fingerprint density at radius 3 is 2.91 bits per heavy atom. The number of hydrogen-bond donors (Lipinski definition) is 2. The number of alkyl halides is 1. The Morgan fingerprint density at radius 1 is 1.41 bits per heavy atom. The number of nitrogens with zero attached hydrogens (tertiary/aromatic N) is 3. The van der Waals surface area contributed by atoms with E-state index in [1.165, 1.54) is 0 Å². The number of nitrogens with one attached hydrogen (secondary N) is 1. The molecule has 0 saturated heterocycles. The number of benzene rings is 1. The van der Waals surface area contributed by atoms with Crippen LogP contribution in [0.3, 0.4) is 0 Å². The fourth-order valence-electron chi connectivity index (χ4n) is 2.67. The average Bonchev–Trinajstić information content (AvgIpc) is 2.91. The van der Waals surface area contributed by atoms with E-state index in [4.69, 9.17) is 16.7 Å². The molecule has 0 bridgehead atoms. The first kappa shape index (κ1) is 14.6. The molecule has 0 radical (unpaired) electrons. The first-order valence-electron chi connectivity index (χ1n) is 6.89. The minimum atomic E-state index is -1.05. The summed E-state index contributed by atoms with van der Waals surface area (Å²) in [7, 11) is 0. The van der Waals surface area contributed by atoms with Crippen LogP contribution in [0.15, 0.2) is 30.5 Å². The van der Waals surface area contributed by atoms with E-state index in [2.05, 4.69) is 15.3 Å². The summed E-state index contributed by atoms with van der Waals surface area (Å²) in [5.41, 5.74) is 2.56. The van der Waals surface area contributed by atoms with E-state index in [1.807, 2.05) is 35.8 Å². The number of amides is 1. The number of fused-ring (bicyclic) bond motifs is 3. The van der Waals surface area contributed by atoms with Crippen molar-refractivity contribution in [3.8, 4) is 0 Å². The van der Waals surface area contributed by atoms with Gasteiger partial charge in [-0.25, -0.2) is 9.78 Å². The third-order valence-corrected chi connectivity index (χ3v) is 3.84. The zero-order valence-electron chi connectivity index (χ0n) is 12.0. The van der Waals surface area contributed by atoms with Crippen molar-refractivity contribution in [3.05, 3.63) is 36.3 Å². The van der Waals surface area contributed by atoms with Gasteiger partial charge < -0.3 is 15.0 Å². The summed E-state index contributed by atoms with van der Waals surface area (Å²) in [4.78, 5) is 19.7. The quantitative estimate of drug-likeness (QED) is 0.724. The molecular formula is C15H15ClN4O2. The Bertz CT molecular complexity index is 846. The molecular weight excluding hydrogens is 304 g/mol. The zero-order chi connectivity index (χ0) is 15.7. The summed E-state index contributed by atoms with van der Waals surface area (Å²) in [5, 5.41) is 12.2. The molecule has 3 rings (SSSR count). The van der Waals surface area contributed by atoms with Gasteiger partial charge in [0.25, 0.3) is 0 Å². The second kappa shape index (κ2) is 5.81. The third-order valence-electron chi connectivity index (χ3n) is 3.61. The van der Waals surface area contributed by atoms with Gasteiger partial charge in [-0.1, -0.05) is 18.2 Å². The number of para-hydroxylation sites is 1. The standard InChI is InChI=1S/C15H15ClN4O2/c1-9(7-18-15(21)22)20-13(6-16)19-12-8-17-11-5-3-2-4-10(11)14(12)20/h2-5,8-9,18H,6-7H2,1H3,(H,21,22). The Morgan fingerprint density at radius 2 is 2.18 bits per heavy atom. The Labute approximate surface area is 131 Å². The van der Waals surface area contributed by atoms with Crippen molar-refractivity contribution in [2.45, 2.75) is 18.8 Å². The molecule has 0 saturated carbocycles. The molecule has 0 aliphatic heterocycles. The fourth-order valence-corrected chi connectivity index (χ4v) is 2.86. The molecule has 22 heavy (non-hydrogen) atoms. The number of imidazole rings is 1. The van der Waals surface area contributed by atoms with Gasteiger partial charge in [0.05, 0.1) is 29.2 Å². The fraction of sp³-hybridized carbons (Fsp3) is 0.267. The van der Waals surface area contributed by atoms with Crippen molar-refractivity contribution in [2.24, 2.45) is 0 Å². The predicted molar refractivity (Wildman–Crippen MR) is 85.3 cm³/mol. The lowest BCUT2D eigenvalue weighted by molar-refractivity contribution is 0.193. The highest BCUT2D eigenvalue weighted by Crippen LogP contribution is 2.28. The molecule has 2 N–H and O–H groups in total. The normalized spacial score (nSPS) is 12.6. The highest BCUT2D eigenvalue weighted by molar-refractivity contribution is 6.17. The molecule has 1 atom stereocenters. The zero-order valence-corrected chi connectivity index (χ0v) is 12.7. The molecule has 3 aromatic rings. The Hall–Kier alpha value is -2.34. The maximum absolute atomic E-state index is 10.7. The average molecular weight is 319 g/mol. The van der Waals surface area contributed by atoms with E-state index in [0.29, 0.717) is 5.82 Å². The van der Waals surface area contributed by atoms with Crippen molar-refractivity contribution < 1.29 is 9.90 Å². The SMILES string of the molecule is CC(CNC(=O)O)n1c(CCl)nc2cnc3ccccc3c21. The third kappa shape index (κ3) is 2.46. The van der Waals surface area contributed by atoms with Crippen LogP contribution in [0.4, 0.5) is 4.79 Å². The number of pyridine rings is 1. The van der Waals surface area contributed by atoms with Gasteiger partial charge in [-0.3, -0.25) is 4.98 Å². The van der Waals surface area contributed by atoms with E-state index in [0.717, 1.165) is 21.9 Å². The largest absolute Gasteiger partial charge is 0.465 e. The first-order valence-corrected chi connectivity index (χ1v) is 7.42. The van der Waals surface area contributed by atoms with Crippen LogP contribution >= 0.6 is 11.6 Å². The second-order valence-electron chi connectivity index (χ2n) is 5.08. The Balaban J connectivity index is 2.21. The minimum Gasteiger partial charge on any atom is -0.465 e. The summed E-state index contributed by atoms with van der Waals surface area (Å²) in [5.74, 6) is 0.954. The number of aromatic nitrogens is 3. The molecule has 0 aliphatic rings. The van der Waals surface area contributed by atoms with Gasteiger partial charge >= 0.3 is 6.09 Å². The lowest BCUT2D eigenvalue weighted by atomic mass is 10.2. The van der Waals surface area contributed by atoms with Gasteiger partial charge in [0.2, 0.25) is 0 Å². The monoisotopic (exact) mass is 318 g/mol. The number of carbonyl (C=O) groups is 1. The molecule has 0 spiro atoms. The maximum Gasteiger partial charge on any atom is 0.404 e. The van der Waals surface area contributed by atoms with E-state index in [1.54, 1.807) is 6.20 Å². The molecule has 114 valence electrons. The molecule has 2 heterocycles. The summed E-state index contributed by atoms with van der Waals surface area (Å²) in [6.45, 7) is 2.21. The minimum absolute atomic E-state index is 0.111. The van der Waals surface area contributed by atoms with E-state index in [9.17, 15) is 4.79 Å².